The quantitative estimate of drug-likeness (QED) is 0.343. The zero-order valence-electron chi connectivity index (χ0n) is 17.6. The van der Waals surface area contributed by atoms with Crippen LogP contribution in [0.4, 0.5) is 17.6 Å². The summed E-state index contributed by atoms with van der Waals surface area (Å²) in [6.07, 6.45) is -4.07. The molecule has 8 nitrogen and oxygen atoms in total. The van der Waals surface area contributed by atoms with Gasteiger partial charge in [-0.1, -0.05) is 0 Å². The number of aromatic nitrogens is 2. The second-order valence-electron chi connectivity index (χ2n) is 7.15. The Hall–Kier alpha value is -3.61. The van der Waals surface area contributed by atoms with Gasteiger partial charge in [0.25, 0.3) is 5.91 Å². The lowest BCUT2D eigenvalue weighted by atomic mass is 10.1. The average molecular weight is 498 g/mol. The van der Waals surface area contributed by atoms with Gasteiger partial charge in [0.1, 0.15) is 11.9 Å². The molecule has 0 aliphatic heterocycles. The number of carbonyl (C=O) groups is 3. The topological polar surface area (TPSA) is 114 Å². The van der Waals surface area contributed by atoms with Crippen LogP contribution in [-0.2, 0) is 4.79 Å². The van der Waals surface area contributed by atoms with Crippen LogP contribution in [0.15, 0.2) is 46.5 Å². The van der Waals surface area contributed by atoms with Crippen LogP contribution < -0.4 is 10.6 Å². The summed E-state index contributed by atoms with van der Waals surface area (Å²) in [6, 6.07) is 2.49. The molecular formula is C21H18F4N4O4S. The molecule has 2 heterocycles. The van der Waals surface area contributed by atoms with E-state index in [0.29, 0.717) is 5.56 Å². The molecule has 180 valence electrons. The van der Waals surface area contributed by atoms with E-state index < -0.39 is 54.5 Å². The lowest BCUT2D eigenvalue weighted by Crippen LogP contribution is -2.50. The Morgan fingerprint density at radius 3 is 2.44 bits per heavy atom. The Morgan fingerprint density at radius 1 is 1.12 bits per heavy atom. The number of oxazole rings is 1. The SMILES string of the molecule is C[C@H](NC(=O)c1cnc(-c2ccc(F)cc2)o1)C(=O)N[C@@H](CCC(F)(F)F)C(=O)c1nccs1. The van der Waals surface area contributed by atoms with Gasteiger partial charge in [-0.15, -0.1) is 11.3 Å². The molecule has 1 aromatic carbocycles. The van der Waals surface area contributed by atoms with Gasteiger partial charge in [0.05, 0.1) is 12.2 Å². The number of nitrogens with one attached hydrogen (secondary N) is 2. The molecule has 0 radical (unpaired) electrons. The summed E-state index contributed by atoms with van der Waals surface area (Å²) in [7, 11) is 0. The maximum atomic E-state index is 13.0. The second kappa shape index (κ2) is 10.5. The van der Waals surface area contributed by atoms with Crippen molar-refractivity contribution in [1.29, 1.82) is 0 Å². The molecule has 2 amide bonds. The summed E-state index contributed by atoms with van der Waals surface area (Å²) in [4.78, 5) is 45.2. The summed E-state index contributed by atoms with van der Waals surface area (Å²) in [5.41, 5.74) is 0.416. The Labute approximate surface area is 194 Å². The molecule has 0 saturated heterocycles. The molecule has 2 aromatic heterocycles. The molecular weight excluding hydrogens is 480 g/mol. The predicted molar refractivity (Wildman–Crippen MR) is 112 cm³/mol. The van der Waals surface area contributed by atoms with Crippen molar-refractivity contribution < 1.29 is 36.4 Å². The molecule has 13 heteroatoms. The van der Waals surface area contributed by atoms with Crippen LogP contribution in [0.3, 0.4) is 0 Å². The number of hydrogen-bond acceptors (Lipinski definition) is 7. The summed E-state index contributed by atoms with van der Waals surface area (Å²) in [5.74, 6) is -3.11. The minimum absolute atomic E-state index is 0.0425. The van der Waals surface area contributed by atoms with Gasteiger partial charge < -0.3 is 15.1 Å². The molecule has 0 bridgehead atoms. The van der Waals surface area contributed by atoms with Gasteiger partial charge in [-0.2, -0.15) is 13.2 Å². The van der Waals surface area contributed by atoms with E-state index in [1.807, 2.05) is 0 Å². The molecule has 0 aliphatic carbocycles. The van der Waals surface area contributed by atoms with Crippen molar-refractivity contribution in [2.24, 2.45) is 0 Å². The number of thiazole rings is 1. The van der Waals surface area contributed by atoms with Crippen LogP contribution in [0.25, 0.3) is 11.5 Å². The number of ketones is 1. The number of amides is 2. The molecule has 34 heavy (non-hydrogen) atoms. The van der Waals surface area contributed by atoms with E-state index in [1.165, 1.54) is 42.8 Å². The van der Waals surface area contributed by atoms with E-state index in [1.54, 1.807) is 0 Å². The Kier molecular flexibility index (Phi) is 7.76. The third-order valence-electron chi connectivity index (χ3n) is 4.55. The zero-order chi connectivity index (χ0) is 24.9. The van der Waals surface area contributed by atoms with Gasteiger partial charge in [-0.3, -0.25) is 14.4 Å². The molecule has 0 unspecified atom stereocenters. The molecule has 3 aromatic rings. The molecule has 3 rings (SSSR count). The monoisotopic (exact) mass is 498 g/mol. The number of hydrogen-bond donors (Lipinski definition) is 2. The van der Waals surface area contributed by atoms with Crippen molar-refractivity contribution in [3.05, 3.63) is 58.6 Å². The Balaban J connectivity index is 1.64. The number of Topliss-reactive ketones (excluding diaryl/α,β-unsaturated/α-hetero) is 1. The van der Waals surface area contributed by atoms with Gasteiger partial charge in [0.2, 0.25) is 23.3 Å². The highest BCUT2D eigenvalue weighted by atomic mass is 32.1. The molecule has 0 spiro atoms. The van der Waals surface area contributed by atoms with E-state index in [4.69, 9.17) is 4.42 Å². The summed E-state index contributed by atoms with van der Waals surface area (Å²) in [5, 5.41) is 6.02. The highest BCUT2D eigenvalue weighted by molar-refractivity contribution is 7.11. The maximum Gasteiger partial charge on any atom is 0.389 e. The van der Waals surface area contributed by atoms with Crippen LogP contribution in [0.5, 0.6) is 0 Å². The molecule has 0 saturated carbocycles. The molecule has 2 N–H and O–H groups in total. The predicted octanol–water partition coefficient (Wildman–Crippen LogP) is 3.77. The van der Waals surface area contributed by atoms with Crippen LogP contribution >= 0.6 is 11.3 Å². The van der Waals surface area contributed by atoms with Crippen molar-refractivity contribution in [2.45, 2.75) is 38.0 Å². The summed E-state index contributed by atoms with van der Waals surface area (Å²) < 4.78 is 56.5. The van der Waals surface area contributed by atoms with Crippen LogP contribution in [0, 0.1) is 5.82 Å². The standard InChI is InChI=1S/C21H18F4N4O4S/c1-11(28-18(32)15-10-27-19(33-15)12-2-4-13(22)5-3-12)17(31)29-14(6-7-21(23,24)25)16(30)20-26-8-9-34-20/h2-5,8-11,14H,6-7H2,1H3,(H,28,32)(H,29,31)/t11-,14-/m0/s1. The van der Waals surface area contributed by atoms with Gasteiger partial charge in [0.15, 0.2) is 5.01 Å². The number of halogens is 4. The molecule has 0 fully saturated rings. The third-order valence-corrected chi connectivity index (χ3v) is 5.34. The van der Waals surface area contributed by atoms with Crippen LogP contribution in [0.1, 0.15) is 40.1 Å². The number of alkyl halides is 3. The first-order chi connectivity index (χ1) is 16.0. The number of benzene rings is 1. The normalized spacial score (nSPS) is 13.2. The smallest absolute Gasteiger partial charge is 0.389 e. The first kappa shape index (κ1) is 25.0. The van der Waals surface area contributed by atoms with Crippen molar-refractivity contribution in [3.8, 4) is 11.5 Å². The number of carbonyl (C=O) groups excluding carboxylic acids is 3. The summed E-state index contributed by atoms with van der Waals surface area (Å²) in [6.45, 7) is 1.29. The number of rotatable bonds is 9. The van der Waals surface area contributed by atoms with E-state index >= 15 is 0 Å². The van der Waals surface area contributed by atoms with Crippen molar-refractivity contribution in [1.82, 2.24) is 20.6 Å². The highest BCUT2D eigenvalue weighted by Crippen LogP contribution is 2.24. The average Bonchev–Trinajstić information content (AvgIpc) is 3.48. The fourth-order valence-corrected chi connectivity index (χ4v) is 3.44. The van der Waals surface area contributed by atoms with Crippen LogP contribution in [-0.4, -0.2) is 45.8 Å². The van der Waals surface area contributed by atoms with E-state index in [9.17, 15) is 31.9 Å². The minimum atomic E-state index is -4.53. The second-order valence-corrected chi connectivity index (χ2v) is 8.04. The largest absolute Gasteiger partial charge is 0.431 e. The fraction of sp³-hybridized carbons (Fsp3) is 0.286. The third kappa shape index (κ3) is 6.70. The number of nitrogens with zero attached hydrogens (tertiary/aromatic N) is 2. The molecule has 2 atom stereocenters. The van der Waals surface area contributed by atoms with Crippen molar-refractivity contribution in [2.75, 3.05) is 0 Å². The van der Waals surface area contributed by atoms with Gasteiger partial charge >= 0.3 is 6.18 Å². The highest BCUT2D eigenvalue weighted by Gasteiger charge is 2.33. The first-order valence-electron chi connectivity index (χ1n) is 9.87. The Bertz CT molecular complexity index is 1150. The van der Waals surface area contributed by atoms with Crippen molar-refractivity contribution in [3.63, 3.8) is 0 Å². The van der Waals surface area contributed by atoms with Crippen molar-refractivity contribution >= 4 is 28.9 Å². The van der Waals surface area contributed by atoms with Gasteiger partial charge in [-0.05, 0) is 37.6 Å². The zero-order valence-corrected chi connectivity index (χ0v) is 18.4. The van der Waals surface area contributed by atoms with E-state index in [2.05, 4.69) is 20.6 Å². The lowest BCUT2D eigenvalue weighted by Gasteiger charge is -2.20. The Morgan fingerprint density at radius 2 is 1.82 bits per heavy atom. The van der Waals surface area contributed by atoms with E-state index in [0.717, 1.165) is 17.5 Å². The summed E-state index contributed by atoms with van der Waals surface area (Å²) >= 11 is 0.934. The fourth-order valence-electron chi connectivity index (χ4n) is 2.81. The van der Waals surface area contributed by atoms with E-state index in [-0.39, 0.29) is 16.7 Å². The van der Waals surface area contributed by atoms with Gasteiger partial charge in [-0.25, -0.2) is 14.4 Å². The van der Waals surface area contributed by atoms with Gasteiger partial charge in [0, 0.05) is 23.6 Å². The minimum Gasteiger partial charge on any atom is -0.431 e. The maximum absolute atomic E-state index is 13.0. The van der Waals surface area contributed by atoms with Crippen LogP contribution in [0.2, 0.25) is 0 Å². The molecule has 0 aliphatic rings. The first-order valence-corrected chi connectivity index (χ1v) is 10.7. The lowest BCUT2D eigenvalue weighted by molar-refractivity contribution is -0.137.